The number of alkyl halides is 1. The number of methoxy groups -OCH3 is 1. The van der Waals surface area contributed by atoms with Crippen LogP contribution >= 0.6 is 15.9 Å². The van der Waals surface area contributed by atoms with E-state index in [0.717, 1.165) is 16.3 Å². The molecule has 1 aliphatic rings. The molecule has 3 rings (SSSR count). The van der Waals surface area contributed by atoms with Crippen LogP contribution < -0.4 is 4.74 Å². The molecule has 1 atom stereocenters. The van der Waals surface area contributed by atoms with Gasteiger partial charge in [-0.05, 0) is 36.5 Å². The van der Waals surface area contributed by atoms with Gasteiger partial charge in [-0.15, -0.1) is 0 Å². The summed E-state index contributed by atoms with van der Waals surface area (Å²) in [5.74, 6) is 0.269. The standard InChI is InChI=1S/C17H18BrNO3/c1-22-15-7-6-11(16(18)10-4-2-3-5-10)13-9-19-14(17(20)21)8-12(13)15/h6-10,16H,2-5H2,1H3,(H,20,21). The minimum atomic E-state index is -1.03. The average molecular weight is 364 g/mol. The van der Waals surface area contributed by atoms with E-state index in [4.69, 9.17) is 9.84 Å². The molecule has 1 aromatic heterocycles. The van der Waals surface area contributed by atoms with Crippen molar-refractivity contribution in [1.29, 1.82) is 0 Å². The second-order valence-electron chi connectivity index (χ2n) is 5.72. The number of carbonyl (C=O) groups is 1. The van der Waals surface area contributed by atoms with E-state index in [1.807, 2.05) is 6.07 Å². The molecule has 0 bridgehead atoms. The van der Waals surface area contributed by atoms with Gasteiger partial charge >= 0.3 is 5.97 Å². The lowest BCUT2D eigenvalue weighted by atomic mass is 9.94. The van der Waals surface area contributed by atoms with Crippen LogP contribution in [0.3, 0.4) is 0 Å². The summed E-state index contributed by atoms with van der Waals surface area (Å²) in [5.41, 5.74) is 1.20. The van der Waals surface area contributed by atoms with E-state index >= 15 is 0 Å². The van der Waals surface area contributed by atoms with Gasteiger partial charge in [0, 0.05) is 21.8 Å². The minimum Gasteiger partial charge on any atom is -0.496 e. The van der Waals surface area contributed by atoms with Crippen molar-refractivity contribution in [2.75, 3.05) is 7.11 Å². The number of carboxylic acids is 1. The van der Waals surface area contributed by atoms with Crippen LogP contribution in [0.4, 0.5) is 0 Å². The Bertz CT molecular complexity index is 710. The first kappa shape index (κ1) is 15.3. The Morgan fingerprint density at radius 1 is 1.36 bits per heavy atom. The number of aromatic carboxylic acids is 1. The van der Waals surface area contributed by atoms with Crippen LogP contribution in [-0.4, -0.2) is 23.2 Å². The molecule has 1 saturated carbocycles. The SMILES string of the molecule is COc1ccc(C(Br)C2CCCC2)c2cnc(C(=O)O)cc12. The first-order valence-electron chi connectivity index (χ1n) is 7.46. The number of benzene rings is 1. The summed E-state index contributed by atoms with van der Waals surface area (Å²) in [6.07, 6.45) is 6.67. The normalized spacial score (nSPS) is 16.8. The molecule has 0 amide bonds. The Morgan fingerprint density at radius 2 is 2.09 bits per heavy atom. The number of pyridine rings is 1. The fraction of sp³-hybridized carbons (Fsp3) is 0.412. The molecule has 1 N–H and O–H groups in total. The Labute approximate surface area is 137 Å². The predicted molar refractivity (Wildman–Crippen MR) is 88.9 cm³/mol. The molecule has 0 radical (unpaired) electrons. The third-order valence-corrected chi connectivity index (χ3v) is 5.69. The topological polar surface area (TPSA) is 59.4 Å². The number of hydrogen-bond acceptors (Lipinski definition) is 3. The monoisotopic (exact) mass is 363 g/mol. The Hall–Kier alpha value is -1.62. The lowest BCUT2D eigenvalue weighted by molar-refractivity contribution is 0.0690. The lowest BCUT2D eigenvalue weighted by Gasteiger charge is -2.20. The van der Waals surface area contributed by atoms with E-state index in [1.54, 1.807) is 19.4 Å². The van der Waals surface area contributed by atoms with E-state index < -0.39 is 5.97 Å². The Morgan fingerprint density at radius 3 is 2.73 bits per heavy atom. The van der Waals surface area contributed by atoms with Gasteiger partial charge in [0.2, 0.25) is 0 Å². The van der Waals surface area contributed by atoms with Crippen molar-refractivity contribution < 1.29 is 14.6 Å². The number of carboxylic acid groups (broad SMARTS) is 1. The summed E-state index contributed by atoms with van der Waals surface area (Å²) in [7, 11) is 1.60. The summed E-state index contributed by atoms with van der Waals surface area (Å²) in [5, 5.41) is 10.9. The van der Waals surface area contributed by atoms with E-state index in [0.29, 0.717) is 11.7 Å². The molecule has 0 saturated heterocycles. The van der Waals surface area contributed by atoms with Crippen LogP contribution in [0, 0.1) is 5.92 Å². The van der Waals surface area contributed by atoms with E-state index in [2.05, 4.69) is 27.0 Å². The minimum absolute atomic E-state index is 0.0370. The van der Waals surface area contributed by atoms with Crippen molar-refractivity contribution >= 4 is 32.7 Å². The van der Waals surface area contributed by atoms with Gasteiger partial charge in [-0.3, -0.25) is 0 Å². The number of hydrogen-bond donors (Lipinski definition) is 1. The maximum Gasteiger partial charge on any atom is 0.354 e. The van der Waals surface area contributed by atoms with Crippen molar-refractivity contribution in [3.05, 3.63) is 35.7 Å². The van der Waals surface area contributed by atoms with Crippen molar-refractivity contribution in [3.8, 4) is 5.75 Å². The molecule has 1 fully saturated rings. The maximum atomic E-state index is 11.2. The third-order valence-electron chi connectivity index (χ3n) is 4.44. The van der Waals surface area contributed by atoms with Crippen LogP contribution in [0.1, 0.15) is 46.6 Å². The van der Waals surface area contributed by atoms with Crippen LogP contribution in [0.25, 0.3) is 10.8 Å². The van der Waals surface area contributed by atoms with Gasteiger partial charge in [0.25, 0.3) is 0 Å². The molecule has 2 aromatic rings. The van der Waals surface area contributed by atoms with Gasteiger partial charge in [0.15, 0.2) is 0 Å². The zero-order chi connectivity index (χ0) is 15.7. The van der Waals surface area contributed by atoms with Crippen LogP contribution in [0.5, 0.6) is 5.75 Å². The summed E-state index contributed by atoms with van der Waals surface area (Å²) in [6, 6.07) is 5.56. The molecule has 5 heteroatoms. The van der Waals surface area contributed by atoms with E-state index in [1.165, 1.54) is 25.7 Å². The number of ether oxygens (including phenoxy) is 1. The number of fused-ring (bicyclic) bond motifs is 1. The Balaban J connectivity index is 2.13. The molecule has 4 nitrogen and oxygen atoms in total. The fourth-order valence-corrected chi connectivity index (χ4v) is 4.20. The number of nitrogens with zero attached hydrogens (tertiary/aromatic N) is 1. The number of rotatable bonds is 4. The summed E-state index contributed by atoms with van der Waals surface area (Å²) < 4.78 is 5.39. The molecule has 22 heavy (non-hydrogen) atoms. The van der Waals surface area contributed by atoms with E-state index in [-0.39, 0.29) is 10.5 Å². The molecular weight excluding hydrogens is 346 g/mol. The number of aromatic nitrogens is 1. The molecule has 116 valence electrons. The maximum absolute atomic E-state index is 11.2. The molecular formula is C17H18BrNO3. The van der Waals surface area contributed by atoms with Crippen molar-refractivity contribution in [2.45, 2.75) is 30.5 Å². The number of halogens is 1. The highest BCUT2D eigenvalue weighted by molar-refractivity contribution is 9.09. The van der Waals surface area contributed by atoms with Gasteiger partial charge in [0.1, 0.15) is 11.4 Å². The summed E-state index contributed by atoms with van der Waals surface area (Å²) >= 11 is 3.84. The van der Waals surface area contributed by atoms with Gasteiger partial charge in [-0.1, -0.05) is 34.8 Å². The first-order chi connectivity index (χ1) is 10.6. The third kappa shape index (κ3) is 2.70. The van der Waals surface area contributed by atoms with Crippen LogP contribution in [0.2, 0.25) is 0 Å². The first-order valence-corrected chi connectivity index (χ1v) is 8.37. The summed E-state index contributed by atoms with van der Waals surface area (Å²) in [6.45, 7) is 0. The highest BCUT2D eigenvalue weighted by Crippen LogP contribution is 2.44. The van der Waals surface area contributed by atoms with Crippen molar-refractivity contribution in [2.24, 2.45) is 5.92 Å². The predicted octanol–water partition coefficient (Wildman–Crippen LogP) is 4.57. The zero-order valence-electron chi connectivity index (χ0n) is 12.4. The van der Waals surface area contributed by atoms with Crippen LogP contribution in [-0.2, 0) is 0 Å². The van der Waals surface area contributed by atoms with Gasteiger partial charge in [0.05, 0.1) is 7.11 Å². The largest absolute Gasteiger partial charge is 0.496 e. The van der Waals surface area contributed by atoms with Crippen LogP contribution in [0.15, 0.2) is 24.4 Å². The molecule has 0 spiro atoms. The smallest absolute Gasteiger partial charge is 0.354 e. The van der Waals surface area contributed by atoms with Gasteiger partial charge in [-0.2, -0.15) is 0 Å². The molecule has 1 aromatic carbocycles. The summed E-state index contributed by atoms with van der Waals surface area (Å²) in [4.78, 5) is 15.5. The van der Waals surface area contributed by atoms with Gasteiger partial charge in [-0.25, -0.2) is 9.78 Å². The lowest BCUT2D eigenvalue weighted by Crippen LogP contribution is -2.05. The van der Waals surface area contributed by atoms with Crippen molar-refractivity contribution in [3.63, 3.8) is 0 Å². The fourth-order valence-electron chi connectivity index (χ4n) is 3.27. The molecule has 1 unspecified atom stereocenters. The average Bonchev–Trinajstić information content (AvgIpc) is 3.07. The molecule has 1 aliphatic carbocycles. The second-order valence-corrected chi connectivity index (χ2v) is 6.71. The van der Waals surface area contributed by atoms with Gasteiger partial charge < -0.3 is 9.84 Å². The second kappa shape index (κ2) is 6.24. The van der Waals surface area contributed by atoms with Crippen molar-refractivity contribution in [1.82, 2.24) is 4.98 Å². The molecule has 0 aliphatic heterocycles. The highest BCUT2D eigenvalue weighted by atomic mass is 79.9. The highest BCUT2D eigenvalue weighted by Gasteiger charge is 2.26. The molecule has 1 heterocycles. The zero-order valence-corrected chi connectivity index (χ0v) is 14.0. The quantitative estimate of drug-likeness (QED) is 0.808. The van der Waals surface area contributed by atoms with E-state index in [9.17, 15) is 4.79 Å². The Kier molecular flexibility index (Phi) is 4.34.